The Kier molecular flexibility index (Phi) is 8.15. The molecule has 0 aliphatic carbocycles. The average molecular weight is 522 g/mol. The Morgan fingerprint density at radius 1 is 0.649 bits per heavy atom. The number of amides is 3. The van der Waals surface area contributed by atoms with Crippen LogP contribution in [0.25, 0.3) is 0 Å². The van der Waals surface area contributed by atoms with Crippen LogP contribution in [0, 0.1) is 0 Å². The van der Waals surface area contributed by atoms with Crippen molar-refractivity contribution in [2.45, 2.75) is 16.3 Å². The molecule has 1 atom stereocenters. The largest absolute Gasteiger partial charge is 0.416 e. The van der Waals surface area contributed by atoms with Gasteiger partial charge in [-0.1, -0.05) is 54.6 Å². The first-order valence-corrected chi connectivity index (χ1v) is 12.1. The normalized spacial score (nSPS) is 11.9. The van der Waals surface area contributed by atoms with Crippen LogP contribution in [0.4, 0.5) is 35.0 Å². The van der Waals surface area contributed by atoms with Crippen molar-refractivity contribution in [1.29, 1.82) is 0 Å². The third-order valence-corrected chi connectivity index (χ3v) is 6.46. The monoisotopic (exact) mass is 521 g/mol. The highest BCUT2D eigenvalue weighted by molar-refractivity contribution is 8.00. The highest BCUT2D eigenvalue weighted by atomic mass is 32.2. The standard InChI is InChI=1S/C28H22F3N3O2S/c29-28(30,31)20-10-7-13-23(18-20)32-26(35)25(19-8-3-1-4-9-19)37-24-16-14-22(15-17-24)34-27(36)33-21-11-5-2-6-12-21/h1-18,25H,(H,32,35)(H2,33,34,36). The molecule has 188 valence electrons. The van der Waals surface area contributed by atoms with E-state index in [1.165, 1.54) is 23.9 Å². The fourth-order valence-electron chi connectivity index (χ4n) is 3.45. The number of rotatable bonds is 7. The van der Waals surface area contributed by atoms with Gasteiger partial charge >= 0.3 is 12.2 Å². The number of para-hydroxylation sites is 1. The minimum atomic E-state index is -4.51. The van der Waals surface area contributed by atoms with Crippen LogP contribution in [0.3, 0.4) is 0 Å². The van der Waals surface area contributed by atoms with Gasteiger partial charge < -0.3 is 16.0 Å². The Bertz CT molecular complexity index is 1350. The van der Waals surface area contributed by atoms with Crippen LogP contribution >= 0.6 is 11.8 Å². The van der Waals surface area contributed by atoms with Crippen LogP contribution in [0.1, 0.15) is 16.4 Å². The fraction of sp³-hybridized carbons (Fsp3) is 0.0714. The van der Waals surface area contributed by atoms with E-state index in [1.54, 1.807) is 60.7 Å². The first-order valence-electron chi connectivity index (χ1n) is 11.2. The van der Waals surface area contributed by atoms with Crippen molar-refractivity contribution in [2.75, 3.05) is 16.0 Å². The first kappa shape index (κ1) is 25.8. The van der Waals surface area contributed by atoms with Gasteiger partial charge in [0.2, 0.25) is 5.91 Å². The van der Waals surface area contributed by atoms with Gasteiger partial charge in [0.1, 0.15) is 5.25 Å². The zero-order valence-electron chi connectivity index (χ0n) is 19.3. The summed E-state index contributed by atoms with van der Waals surface area (Å²) in [5.41, 5.74) is 1.13. The Morgan fingerprint density at radius 2 is 1.22 bits per heavy atom. The summed E-state index contributed by atoms with van der Waals surface area (Å²) in [7, 11) is 0. The molecule has 0 aliphatic rings. The minimum Gasteiger partial charge on any atom is -0.325 e. The van der Waals surface area contributed by atoms with E-state index in [1.807, 2.05) is 24.3 Å². The lowest BCUT2D eigenvalue weighted by molar-refractivity contribution is -0.137. The quantitative estimate of drug-likeness (QED) is 0.217. The zero-order chi connectivity index (χ0) is 26.3. The molecule has 4 aromatic rings. The van der Waals surface area contributed by atoms with E-state index in [0.29, 0.717) is 16.9 Å². The second-order valence-electron chi connectivity index (χ2n) is 7.95. The Morgan fingerprint density at radius 3 is 1.84 bits per heavy atom. The number of carbonyl (C=O) groups is 2. The summed E-state index contributed by atoms with van der Waals surface area (Å²) in [5.74, 6) is -0.458. The maximum Gasteiger partial charge on any atom is 0.416 e. The molecule has 0 saturated carbocycles. The summed E-state index contributed by atoms with van der Waals surface area (Å²) in [5, 5.41) is 7.36. The van der Waals surface area contributed by atoms with Crippen molar-refractivity contribution in [3.63, 3.8) is 0 Å². The van der Waals surface area contributed by atoms with E-state index in [9.17, 15) is 22.8 Å². The van der Waals surface area contributed by atoms with Crippen molar-refractivity contribution < 1.29 is 22.8 Å². The molecule has 0 aliphatic heterocycles. The number of urea groups is 1. The van der Waals surface area contributed by atoms with Crippen LogP contribution in [-0.4, -0.2) is 11.9 Å². The molecule has 0 aromatic heterocycles. The molecule has 0 radical (unpaired) electrons. The molecule has 4 aromatic carbocycles. The first-order chi connectivity index (χ1) is 17.8. The van der Waals surface area contributed by atoms with Gasteiger partial charge in [-0.25, -0.2) is 4.79 Å². The van der Waals surface area contributed by atoms with Gasteiger partial charge in [-0.3, -0.25) is 4.79 Å². The van der Waals surface area contributed by atoms with Crippen LogP contribution in [-0.2, 0) is 11.0 Å². The SMILES string of the molecule is O=C(Nc1ccccc1)Nc1ccc(SC(C(=O)Nc2cccc(C(F)(F)F)c2)c2ccccc2)cc1. The average Bonchev–Trinajstić information content (AvgIpc) is 2.89. The molecule has 0 fully saturated rings. The summed E-state index contributed by atoms with van der Waals surface area (Å²) in [6, 6.07) is 29.1. The molecule has 5 nitrogen and oxygen atoms in total. The van der Waals surface area contributed by atoms with Gasteiger partial charge in [-0.05, 0) is 60.2 Å². The summed E-state index contributed by atoms with van der Waals surface area (Å²) in [4.78, 5) is 26.2. The lowest BCUT2D eigenvalue weighted by atomic mass is 10.1. The predicted molar refractivity (Wildman–Crippen MR) is 141 cm³/mol. The molecule has 9 heteroatoms. The lowest BCUT2D eigenvalue weighted by Crippen LogP contribution is -2.19. The molecule has 0 saturated heterocycles. The maximum atomic E-state index is 13.2. The number of anilines is 3. The van der Waals surface area contributed by atoms with Crippen molar-refractivity contribution in [3.8, 4) is 0 Å². The second-order valence-corrected chi connectivity index (χ2v) is 9.12. The summed E-state index contributed by atoms with van der Waals surface area (Å²) in [6.07, 6.45) is -4.51. The number of hydrogen-bond acceptors (Lipinski definition) is 3. The minimum absolute atomic E-state index is 0.0605. The number of nitrogens with one attached hydrogen (secondary N) is 3. The molecule has 3 amide bonds. The van der Waals surface area contributed by atoms with Crippen molar-refractivity contribution >= 4 is 40.8 Å². The van der Waals surface area contributed by atoms with Gasteiger partial charge in [-0.15, -0.1) is 11.8 Å². The molecule has 1 unspecified atom stereocenters. The van der Waals surface area contributed by atoms with E-state index in [0.717, 1.165) is 17.0 Å². The number of halogens is 3. The Labute approximate surface area is 216 Å². The van der Waals surface area contributed by atoms with Crippen molar-refractivity contribution in [2.24, 2.45) is 0 Å². The van der Waals surface area contributed by atoms with Gasteiger partial charge in [-0.2, -0.15) is 13.2 Å². The van der Waals surface area contributed by atoms with Gasteiger partial charge in [0, 0.05) is 22.0 Å². The third-order valence-electron chi connectivity index (χ3n) is 5.20. The molecular weight excluding hydrogens is 499 g/mol. The van der Waals surface area contributed by atoms with Crippen LogP contribution in [0.15, 0.2) is 114 Å². The second kappa shape index (κ2) is 11.7. The molecular formula is C28H22F3N3O2S. The number of thioether (sulfide) groups is 1. The number of benzene rings is 4. The van der Waals surface area contributed by atoms with Crippen molar-refractivity contribution in [3.05, 3.63) is 120 Å². The summed E-state index contributed by atoms with van der Waals surface area (Å²) in [6.45, 7) is 0. The topological polar surface area (TPSA) is 70.2 Å². The van der Waals surface area contributed by atoms with Crippen LogP contribution < -0.4 is 16.0 Å². The number of carbonyl (C=O) groups excluding carboxylic acids is 2. The van der Waals surface area contributed by atoms with Gasteiger partial charge in [0.05, 0.1) is 5.56 Å². The number of hydrogen-bond donors (Lipinski definition) is 3. The molecule has 37 heavy (non-hydrogen) atoms. The Hall–Kier alpha value is -4.24. The van der Waals surface area contributed by atoms with E-state index in [-0.39, 0.29) is 5.69 Å². The highest BCUT2D eigenvalue weighted by Crippen LogP contribution is 2.37. The maximum absolute atomic E-state index is 13.2. The fourth-order valence-corrected chi connectivity index (χ4v) is 4.47. The third kappa shape index (κ3) is 7.37. The van der Waals surface area contributed by atoms with E-state index in [2.05, 4.69) is 16.0 Å². The van der Waals surface area contributed by atoms with Crippen molar-refractivity contribution in [1.82, 2.24) is 0 Å². The number of alkyl halides is 3. The van der Waals surface area contributed by atoms with Gasteiger partial charge in [0.25, 0.3) is 0 Å². The highest BCUT2D eigenvalue weighted by Gasteiger charge is 2.31. The van der Waals surface area contributed by atoms with Crippen LogP contribution in [0.5, 0.6) is 0 Å². The smallest absolute Gasteiger partial charge is 0.325 e. The molecule has 4 rings (SSSR count). The lowest BCUT2D eigenvalue weighted by Gasteiger charge is -2.18. The predicted octanol–water partition coefficient (Wildman–Crippen LogP) is 7.82. The van der Waals surface area contributed by atoms with E-state index < -0.39 is 28.9 Å². The van der Waals surface area contributed by atoms with E-state index in [4.69, 9.17) is 0 Å². The molecule has 3 N–H and O–H groups in total. The Balaban J connectivity index is 1.46. The molecule has 0 heterocycles. The van der Waals surface area contributed by atoms with Gasteiger partial charge in [0.15, 0.2) is 0 Å². The zero-order valence-corrected chi connectivity index (χ0v) is 20.1. The summed E-state index contributed by atoms with van der Waals surface area (Å²) < 4.78 is 39.3. The molecule has 0 spiro atoms. The molecule has 0 bridgehead atoms. The summed E-state index contributed by atoms with van der Waals surface area (Å²) >= 11 is 1.25. The van der Waals surface area contributed by atoms with E-state index >= 15 is 0 Å². The van der Waals surface area contributed by atoms with Crippen LogP contribution in [0.2, 0.25) is 0 Å².